The Hall–Kier alpha value is -1.40. The number of hydrogen-bond acceptors (Lipinski definition) is 4. The molecule has 0 spiro atoms. The molecule has 2 aromatic rings. The first-order valence-corrected chi connectivity index (χ1v) is 9.26. The van der Waals surface area contributed by atoms with Crippen molar-refractivity contribution in [3.05, 3.63) is 41.6 Å². The van der Waals surface area contributed by atoms with Crippen LogP contribution in [0.3, 0.4) is 0 Å². The minimum Gasteiger partial charge on any atom is -0.352 e. The van der Waals surface area contributed by atoms with Gasteiger partial charge in [0.25, 0.3) is 5.91 Å². The molecule has 1 fully saturated rings. The molecule has 1 aromatic carbocycles. The highest BCUT2D eigenvalue weighted by Crippen LogP contribution is 2.22. The summed E-state index contributed by atoms with van der Waals surface area (Å²) in [6.07, 6.45) is 0.978. The Kier molecular flexibility index (Phi) is 10.0. The summed E-state index contributed by atoms with van der Waals surface area (Å²) in [5.74, 6) is 0.296. The minimum atomic E-state index is 0. The van der Waals surface area contributed by atoms with Crippen LogP contribution in [0.2, 0.25) is 0 Å². The molecule has 0 radical (unpaired) electrons. The number of carbonyl (C=O) groups is 1. The van der Waals surface area contributed by atoms with E-state index in [1.807, 2.05) is 30.3 Å². The molecule has 2 heterocycles. The smallest absolute Gasteiger partial charge is 0.252 e. The molecule has 7 heteroatoms. The number of nitrogens with one attached hydrogen (secondary N) is 2. The fourth-order valence-electron chi connectivity index (χ4n) is 3.21. The molecule has 1 aliphatic heterocycles. The van der Waals surface area contributed by atoms with Crippen LogP contribution in [0.15, 0.2) is 30.3 Å². The van der Waals surface area contributed by atoms with Gasteiger partial charge in [0.2, 0.25) is 0 Å². The quantitative estimate of drug-likeness (QED) is 0.714. The minimum absolute atomic E-state index is 0. The molecule has 0 bridgehead atoms. The number of hydrogen-bond donors (Lipinski definition) is 2. The average molecular weight is 413 g/mol. The van der Waals surface area contributed by atoms with Crippen molar-refractivity contribution >= 4 is 41.6 Å². The summed E-state index contributed by atoms with van der Waals surface area (Å²) in [5, 5.41) is 7.37. The third-order valence-corrected chi connectivity index (χ3v) is 4.72. The largest absolute Gasteiger partial charge is 0.352 e. The van der Waals surface area contributed by atoms with E-state index in [1.54, 1.807) is 0 Å². The van der Waals surface area contributed by atoms with Crippen LogP contribution >= 0.6 is 24.8 Å². The number of piperazine rings is 1. The normalized spacial score (nSPS) is 14.5. The van der Waals surface area contributed by atoms with Crippen LogP contribution in [-0.2, 0) is 0 Å². The maximum Gasteiger partial charge on any atom is 0.252 e. The molecule has 1 aromatic heterocycles. The molecule has 1 aliphatic rings. The Labute approximate surface area is 174 Å². The van der Waals surface area contributed by atoms with Gasteiger partial charge in [-0.2, -0.15) is 0 Å². The summed E-state index contributed by atoms with van der Waals surface area (Å²) in [4.78, 5) is 19.9. The van der Waals surface area contributed by atoms with Crippen molar-refractivity contribution in [2.24, 2.45) is 0 Å². The van der Waals surface area contributed by atoms with Crippen LogP contribution in [0.4, 0.5) is 0 Å². The van der Waals surface area contributed by atoms with Gasteiger partial charge < -0.3 is 15.5 Å². The fourth-order valence-corrected chi connectivity index (χ4v) is 3.21. The molecule has 2 N–H and O–H groups in total. The van der Waals surface area contributed by atoms with E-state index in [1.165, 1.54) is 0 Å². The topological polar surface area (TPSA) is 57.3 Å². The number of para-hydroxylation sites is 1. The zero-order valence-corrected chi connectivity index (χ0v) is 17.7. The first kappa shape index (κ1) is 23.6. The standard InChI is InChI=1S/C20H28N4O.2ClH/c1-15(2)19-14-17(16-6-3-4-7-18(16)23-19)20(25)22-8-5-11-24-12-9-21-10-13-24;;/h3-4,6-7,14-15,21H,5,8-13H2,1-2H3,(H,22,25);2*1H. The summed E-state index contributed by atoms with van der Waals surface area (Å²) in [6.45, 7) is 10.3. The van der Waals surface area contributed by atoms with Gasteiger partial charge in [0.05, 0.1) is 11.1 Å². The van der Waals surface area contributed by atoms with Crippen molar-refractivity contribution in [2.75, 3.05) is 39.3 Å². The number of aromatic nitrogens is 1. The van der Waals surface area contributed by atoms with Crippen molar-refractivity contribution in [1.82, 2.24) is 20.5 Å². The van der Waals surface area contributed by atoms with Crippen LogP contribution in [0.1, 0.15) is 42.2 Å². The highest BCUT2D eigenvalue weighted by molar-refractivity contribution is 6.06. The van der Waals surface area contributed by atoms with E-state index < -0.39 is 0 Å². The van der Waals surface area contributed by atoms with Crippen LogP contribution < -0.4 is 10.6 Å². The van der Waals surface area contributed by atoms with Crippen molar-refractivity contribution < 1.29 is 4.79 Å². The van der Waals surface area contributed by atoms with Gasteiger partial charge in [-0.25, -0.2) is 0 Å². The van der Waals surface area contributed by atoms with Crippen LogP contribution in [0.5, 0.6) is 0 Å². The second kappa shape index (κ2) is 11.4. The summed E-state index contributed by atoms with van der Waals surface area (Å²) >= 11 is 0. The molecule has 0 unspecified atom stereocenters. The second-order valence-corrected chi connectivity index (χ2v) is 6.97. The molecule has 150 valence electrons. The number of rotatable bonds is 6. The van der Waals surface area contributed by atoms with E-state index in [0.29, 0.717) is 12.5 Å². The van der Waals surface area contributed by atoms with Gasteiger partial charge in [0, 0.05) is 43.8 Å². The lowest BCUT2D eigenvalue weighted by molar-refractivity contribution is 0.0952. The van der Waals surface area contributed by atoms with E-state index in [-0.39, 0.29) is 30.7 Å². The van der Waals surface area contributed by atoms with Crippen LogP contribution in [-0.4, -0.2) is 55.1 Å². The molecular weight excluding hydrogens is 383 g/mol. The van der Waals surface area contributed by atoms with E-state index >= 15 is 0 Å². The molecule has 0 aliphatic carbocycles. The van der Waals surface area contributed by atoms with E-state index in [9.17, 15) is 4.79 Å². The summed E-state index contributed by atoms with van der Waals surface area (Å²) in [5.41, 5.74) is 2.58. The van der Waals surface area contributed by atoms with Crippen molar-refractivity contribution in [3.8, 4) is 0 Å². The third-order valence-electron chi connectivity index (χ3n) is 4.72. The SMILES string of the molecule is CC(C)c1cc(C(=O)NCCCN2CCNCC2)c2ccccc2n1.Cl.Cl. The lowest BCUT2D eigenvalue weighted by Crippen LogP contribution is -2.44. The highest BCUT2D eigenvalue weighted by Gasteiger charge is 2.14. The predicted octanol–water partition coefficient (Wildman–Crippen LogP) is 3.23. The number of halogens is 2. The molecule has 1 saturated heterocycles. The number of amides is 1. The van der Waals surface area contributed by atoms with Gasteiger partial charge in [-0.05, 0) is 31.0 Å². The molecule has 3 rings (SSSR count). The monoisotopic (exact) mass is 412 g/mol. The second-order valence-electron chi connectivity index (χ2n) is 6.97. The van der Waals surface area contributed by atoms with E-state index in [4.69, 9.17) is 0 Å². The molecule has 0 atom stereocenters. The lowest BCUT2D eigenvalue weighted by Gasteiger charge is -2.27. The maximum absolute atomic E-state index is 12.7. The number of nitrogens with zero attached hydrogens (tertiary/aromatic N) is 2. The number of benzene rings is 1. The average Bonchev–Trinajstić information content (AvgIpc) is 2.65. The molecule has 0 saturated carbocycles. The van der Waals surface area contributed by atoms with Gasteiger partial charge >= 0.3 is 0 Å². The Morgan fingerprint density at radius 1 is 1.22 bits per heavy atom. The number of fused-ring (bicyclic) bond motifs is 1. The summed E-state index contributed by atoms with van der Waals surface area (Å²) in [6, 6.07) is 9.82. The van der Waals surface area contributed by atoms with E-state index in [2.05, 4.69) is 34.4 Å². The predicted molar refractivity (Wildman–Crippen MR) is 117 cm³/mol. The van der Waals surface area contributed by atoms with Crippen LogP contribution in [0.25, 0.3) is 10.9 Å². The first-order chi connectivity index (χ1) is 12.1. The van der Waals surface area contributed by atoms with Gasteiger partial charge in [-0.3, -0.25) is 9.78 Å². The van der Waals surface area contributed by atoms with E-state index in [0.717, 1.165) is 61.3 Å². The Bertz CT molecular complexity index is 733. The Morgan fingerprint density at radius 3 is 2.63 bits per heavy atom. The Balaban J connectivity index is 0.00000182. The number of pyridine rings is 1. The summed E-state index contributed by atoms with van der Waals surface area (Å²) < 4.78 is 0. The van der Waals surface area contributed by atoms with Crippen LogP contribution in [0, 0.1) is 0 Å². The molecule has 5 nitrogen and oxygen atoms in total. The highest BCUT2D eigenvalue weighted by atomic mass is 35.5. The molecule has 1 amide bonds. The zero-order valence-electron chi connectivity index (χ0n) is 16.0. The summed E-state index contributed by atoms with van der Waals surface area (Å²) in [7, 11) is 0. The third kappa shape index (κ3) is 6.32. The lowest BCUT2D eigenvalue weighted by atomic mass is 10.0. The van der Waals surface area contributed by atoms with Crippen molar-refractivity contribution in [1.29, 1.82) is 0 Å². The number of carbonyl (C=O) groups excluding carboxylic acids is 1. The molecule has 27 heavy (non-hydrogen) atoms. The van der Waals surface area contributed by atoms with Crippen molar-refractivity contribution in [2.45, 2.75) is 26.2 Å². The molecular formula is C20H30Cl2N4O. The van der Waals surface area contributed by atoms with Gasteiger partial charge in [0.1, 0.15) is 0 Å². The maximum atomic E-state index is 12.7. The zero-order chi connectivity index (χ0) is 17.6. The first-order valence-electron chi connectivity index (χ1n) is 9.26. The Morgan fingerprint density at radius 2 is 1.93 bits per heavy atom. The van der Waals surface area contributed by atoms with Gasteiger partial charge in [0.15, 0.2) is 0 Å². The van der Waals surface area contributed by atoms with Gasteiger partial charge in [-0.15, -0.1) is 24.8 Å². The van der Waals surface area contributed by atoms with Gasteiger partial charge in [-0.1, -0.05) is 32.0 Å². The van der Waals surface area contributed by atoms with Crippen molar-refractivity contribution in [3.63, 3.8) is 0 Å². The fraction of sp³-hybridized carbons (Fsp3) is 0.500.